The van der Waals surface area contributed by atoms with Crippen LogP contribution in [0.3, 0.4) is 0 Å². The lowest BCUT2D eigenvalue weighted by Gasteiger charge is -2.28. The minimum absolute atomic E-state index is 0.136. The summed E-state index contributed by atoms with van der Waals surface area (Å²) in [7, 11) is 3.92. The molecule has 1 aromatic heterocycles. The molecule has 2 atom stereocenters. The number of nitrogens with zero attached hydrogens (tertiary/aromatic N) is 2. The van der Waals surface area contributed by atoms with Crippen LogP contribution >= 0.6 is 11.8 Å². The average molecular weight is 403 g/mol. The van der Waals surface area contributed by atoms with E-state index in [4.69, 9.17) is 4.42 Å². The van der Waals surface area contributed by atoms with E-state index in [-0.39, 0.29) is 24.3 Å². The van der Waals surface area contributed by atoms with E-state index in [1.165, 1.54) is 0 Å². The van der Waals surface area contributed by atoms with E-state index in [1.807, 2.05) is 50.5 Å². The van der Waals surface area contributed by atoms with Crippen molar-refractivity contribution in [2.75, 3.05) is 27.2 Å². The van der Waals surface area contributed by atoms with Gasteiger partial charge in [-0.25, -0.2) is 0 Å². The normalized spacial score (nSPS) is 20.2. The van der Waals surface area contributed by atoms with Gasteiger partial charge in [-0.2, -0.15) is 0 Å². The van der Waals surface area contributed by atoms with Crippen molar-refractivity contribution >= 4 is 23.6 Å². The minimum atomic E-state index is -0.850. The number of benzene rings is 1. The van der Waals surface area contributed by atoms with Gasteiger partial charge in [0.05, 0.1) is 11.7 Å². The zero-order chi connectivity index (χ0) is 20.1. The fourth-order valence-electron chi connectivity index (χ4n) is 3.36. The number of rotatable bonds is 6. The third kappa shape index (κ3) is 5.17. The molecule has 1 amide bonds. The first-order valence-electron chi connectivity index (χ1n) is 9.39. The largest absolute Gasteiger partial charge is 0.481 e. The maximum atomic E-state index is 13.0. The van der Waals surface area contributed by atoms with Crippen LogP contribution in [0.2, 0.25) is 0 Å². The number of carbonyl (C=O) groups excluding carboxylic acids is 1. The summed E-state index contributed by atoms with van der Waals surface area (Å²) in [5, 5.41) is 9.46. The highest BCUT2D eigenvalue weighted by Gasteiger charge is 2.32. The van der Waals surface area contributed by atoms with Gasteiger partial charge in [0.25, 0.3) is 5.91 Å². The summed E-state index contributed by atoms with van der Waals surface area (Å²) in [6.07, 6.45) is 1.32. The van der Waals surface area contributed by atoms with E-state index in [1.54, 1.807) is 22.7 Å². The van der Waals surface area contributed by atoms with Gasteiger partial charge in [0, 0.05) is 24.0 Å². The Bertz CT molecular complexity index is 806. The van der Waals surface area contributed by atoms with Crippen molar-refractivity contribution in [2.24, 2.45) is 5.92 Å². The molecule has 1 saturated heterocycles. The standard InChI is InChI=1S/C21H26N2O4S/c1-22(2)16-9-8-15(21(25)26)12-23(13-16)20(24)19-11-10-17(27-19)14-28-18-6-4-3-5-7-18/h3-7,10-11,15-16H,8-9,12-14H2,1-2H3,(H,25,26)/t15-,16+/m0/s1. The quantitative estimate of drug-likeness (QED) is 0.746. The molecule has 3 rings (SSSR count). The predicted octanol–water partition coefficient (Wildman–Crippen LogP) is 3.44. The molecule has 0 unspecified atom stereocenters. The number of hydrogen-bond acceptors (Lipinski definition) is 5. The Labute approximate surface area is 169 Å². The van der Waals surface area contributed by atoms with Crippen molar-refractivity contribution in [1.82, 2.24) is 9.80 Å². The average Bonchev–Trinajstić information content (AvgIpc) is 3.03. The molecule has 2 aromatic rings. The van der Waals surface area contributed by atoms with Crippen LogP contribution in [0.15, 0.2) is 51.8 Å². The first-order valence-corrected chi connectivity index (χ1v) is 10.4. The lowest BCUT2D eigenvalue weighted by molar-refractivity contribution is -0.142. The third-order valence-electron chi connectivity index (χ3n) is 5.08. The number of hydrogen-bond donors (Lipinski definition) is 1. The van der Waals surface area contributed by atoms with Gasteiger partial charge >= 0.3 is 5.97 Å². The Morgan fingerprint density at radius 1 is 1.14 bits per heavy atom. The molecule has 6 nitrogen and oxygen atoms in total. The van der Waals surface area contributed by atoms with Gasteiger partial charge in [0.1, 0.15) is 5.76 Å². The Morgan fingerprint density at radius 3 is 2.57 bits per heavy atom. The van der Waals surface area contributed by atoms with E-state index in [0.29, 0.717) is 18.7 Å². The fraction of sp³-hybridized carbons (Fsp3) is 0.429. The third-order valence-corrected chi connectivity index (χ3v) is 6.12. The van der Waals surface area contributed by atoms with E-state index >= 15 is 0 Å². The number of thioether (sulfide) groups is 1. The van der Waals surface area contributed by atoms with Gasteiger partial charge in [-0.1, -0.05) is 18.2 Å². The highest BCUT2D eigenvalue weighted by molar-refractivity contribution is 7.98. The van der Waals surface area contributed by atoms with Crippen molar-refractivity contribution in [1.29, 1.82) is 0 Å². The lowest BCUT2D eigenvalue weighted by atomic mass is 10.0. The van der Waals surface area contributed by atoms with Crippen molar-refractivity contribution in [2.45, 2.75) is 29.5 Å². The van der Waals surface area contributed by atoms with Crippen LogP contribution in [0.25, 0.3) is 0 Å². The predicted molar refractivity (Wildman–Crippen MR) is 108 cm³/mol. The highest BCUT2D eigenvalue weighted by atomic mass is 32.2. The highest BCUT2D eigenvalue weighted by Crippen LogP contribution is 2.25. The molecule has 0 aliphatic carbocycles. The van der Waals surface area contributed by atoms with E-state index in [0.717, 1.165) is 17.1 Å². The lowest BCUT2D eigenvalue weighted by Crippen LogP contribution is -2.43. The second-order valence-corrected chi connectivity index (χ2v) is 8.36. The molecule has 1 aliphatic rings. The maximum absolute atomic E-state index is 13.0. The van der Waals surface area contributed by atoms with E-state index < -0.39 is 11.9 Å². The summed E-state index contributed by atoms with van der Waals surface area (Å²) in [6, 6.07) is 13.6. The number of carbonyl (C=O) groups is 2. The number of likely N-dealkylation sites (N-methyl/N-ethyl adjacent to an activating group) is 1. The smallest absolute Gasteiger partial charge is 0.308 e. The van der Waals surface area contributed by atoms with Crippen molar-refractivity contribution in [3.05, 3.63) is 54.0 Å². The van der Waals surface area contributed by atoms with Gasteiger partial charge in [-0.3, -0.25) is 9.59 Å². The SMILES string of the molecule is CN(C)[C@@H]1CC[C@H](C(=O)O)CN(C(=O)c2ccc(CSc3ccccc3)o2)C1. The summed E-state index contributed by atoms with van der Waals surface area (Å²) in [5.41, 5.74) is 0. The topological polar surface area (TPSA) is 74.0 Å². The molecule has 1 fully saturated rings. The van der Waals surface area contributed by atoms with Gasteiger partial charge in [-0.15, -0.1) is 11.8 Å². The number of carboxylic acids is 1. The van der Waals surface area contributed by atoms with Crippen molar-refractivity contribution in [3.8, 4) is 0 Å². The Morgan fingerprint density at radius 2 is 1.89 bits per heavy atom. The molecule has 0 radical (unpaired) electrons. The van der Waals surface area contributed by atoms with Gasteiger partial charge < -0.3 is 19.3 Å². The Balaban J connectivity index is 1.68. The molecule has 2 heterocycles. The molecular weight excluding hydrogens is 376 g/mol. The van der Waals surface area contributed by atoms with E-state index in [2.05, 4.69) is 4.90 Å². The number of furan rings is 1. The maximum Gasteiger partial charge on any atom is 0.308 e. The molecule has 1 N–H and O–H groups in total. The number of amides is 1. The molecule has 1 aromatic carbocycles. The molecule has 150 valence electrons. The summed E-state index contributed by atoms with van der Waals surface area (Å²) < 4.78 is 5.78. The van der Waals surface area contributed by atoms with Crippen LogP contribution < -0.4 is 0 Å². The van der Waals surface area contributed by atoms with Crippen LogP contribution in [0.5, 0.6) is 0 Å². The van der Waals surface area contributed by atoms with Gasteiger partial charge in [0.15, 0.2) is 5.76 Å². The zero-order valence-electron chi connectivity index (χ0n) is 16.2. The van der Waals surface area contributed by atoms with Crippen LogP contribution in [-0.2, 0) is 10.5 Å². The molecule has 1 aliphatic heterocycles. The van der Waals surface area contributed by atoms with E-state index in [9.17, 15) is 14.7 Å². The summed E-state index contributed by atoms with van der Waals surface area (Å²) in [4.78, 5) is 29.3. The number of likely N-dealkylation sites (tertiary alicyclic amines) is 1. The summed E-state index contributed by atoms with van der Waals surface area (Å²) in [6.45, 7) is 0.720. The second kappa shape index (κ2) is 9.30. The summed E-state index contributed by atoms with van der Waals surface area (Å²) >= 11 is 1.64. The van der Waals surface area contributed by atoms with Crippen LogP contribution in [0.1, 0.15) is 29.2 Å². The molecule has 7 heteroatoms. The van der Waals surface area contributed by atoms with Crippen LogP contribution in [-0.4, -0.2) is 60.0 Å². The fourth-order valence-corrected chi connectivity index (χ4v) is 4.17. The van der Waals surface area contributed by atoms with Gasteiger partial charge in [0.2, 0.25) is 0 Å². The minimum Gasteiger partial charge on any atom is -0.481 e. The van der Waals surface area contributed by atoms with Crippen molar-refractivity contribution in [3.63, 3.8) is 0 Å². The van der Waals surface area contributed by atoms with Crippen molar-refractivity contribution < 1.29 is 19.1 Å². The molecule has 0 bridgehead atoms. The first-order chi connectivity index (χ1) is 13.4. The number of carboxylic acid groups (broad SMARTS) is 1. The molecular formula is C21H26N2O4S. The van der Waals surface area contributed by atoms with Gasteiger partial charge in [-0.05, 0) is 51.2 Å². The Hall–Kier alpha value is -2.25. The molecule has 0 saturated carbocycles. The van der Waals surface area contributed by atoms with Crippen LogP contribution in [0.4, 0.5) is 0 Å². The molecule has 0 spiro atoms. The molecule has 28 heavy (non-hydrogen) atoms. The van der Waals surface area contributed by atoms with Crippen LogP contribution in [0, 0.1) is 5.92 Å². The monoisotopic (exact) mass is 402 g/mol. The summed E-state index contributed by atoms with van der Waals surface area (Å²) in [5.74, 6) is -0.00209. The zero-order valence-corrected chi connectivity index (χ0v) is 17.0. The Kier molecular flexibility index (Phi) is 6.80. The number of aliphatic carboxylic acids is 1. The first kappa shape index (κ1) is 20.5. The second-order valence-electron chi connectivity index (χ2n) is 7.31.